The number of aliphatic hydroxyl groups is 1. The van der Waals surface area contributed by atoms with Gasteiger partial charge in [0.1, 0.15) is 5.82 Å². The molecule has 3 nitrogen and oxygen atoms in total. The highest BCUT2D eigenvalue weighted by atomic mass is 19.1. The Kier molecular flexibility index (Phi) is 4.84. The van der Waals surface area contributed by atoms with Gasteiger partial charge in [-0.25, -0.2) is 4.39 Å². The first kappa shape index (κ1) is 16.7. The molecule has 1 saturated heterocycles. The fourth-order valence-corrected chi connectivity index (χ4v) is 4.26. The van der Waals surface area contributed by atoms with Crippen LogP contribution < -0.4 is 0 Å². The molecule has 0 aliphatic carbocycles. The van der Waals surface area contributed by atoms with Crippen molar-refractivity contribution in [2.24, 2.45) is 0 Å². The van der Waals surface area contributed by atoms with Crippen LogP contribution in [0.5, 0.6) is 0 Å². The second kappa shape index (κ2) is 7.24. The van der Waals surface area contributed by atoms with Crippen LogP contribution in [0.2, 0.25) is 0 Å². The number of β-amino-alcohol motifs (C(OH)–C–C–N with tert-alkyl or cyclic N) is 1. The van der Waals surface area contributed by atoms with Crippen molar-refractivity contribution < 1.29 is 9.50 Å². The largest absolute Gasteiger partial charge is 0.390 e. The van der Waals surface area contributed by atoms with Crippen LogP contribution in [0.25, 0.3) is 0 Å². The van der Waals surface area contributed by atoms with Gasteiger partial charge in [0.05, 0.1) is 6.10 Å². The second-order valence-electron chi connectivity index (χ2n) is 7.24. The first-order chi connectivity index (χ1) is 12.2. The van der Waals surface area contributed by atoms with Crippen molar-refractivity contribution in [1.82, 2.24) is 9.80 Å². The summed E-state index contributed by atoms with van der Waals surface area (Å²) >= 11 is 0. The summed E-state index contributed by atoms with van der Waals surface area (Å²) in [5, 5.41) is 10.7. The number of aliphatic hydroxyl groups excluding tert-OH is 1. The van der Waals surface area contributed by atoms with E-state index in [1.54, 1.807) is 12.1 Å². The first-order valence-electron chi connectivity index (χ1n) is 9.15. The molecule has 2 aliphatic heterocycles. The van der Waals surface area contributed by atoms with Crippen LogP contribution in [0.3, 0.4) is 0 Å². The smallest absolute Gasteiger partial charge is 0.126 e. The zero-order chi connectivity index (χ0) is 17.2. The van der Waals surface area contributed by atoms with E-state index in [0.717, 1.165) is 50.1 Å². The molecule has 2 heterocycles. The topological polar surface area (TPSA) is 26.7 Å². The van der Waals surface area contributed by atoms with Crippen molar-refractivity contribution in [3.8, 4) is 0 Å². The number of nitrogens with zero attached hydrogens (tertiary/aromatic N) is 2. The fraction of sp³-hybridized carbons (Fsp3) is 0.429. The van der Waals surface area contributed by atoms with Gasteiger partial charge >= 0.3 is 0 Å². The van der Waals surface area contributed by atoms with Crippen LogP contribution in [0.4, 0.5) is 4.39 Å². The molecule has 0 bridgehead atoms. The van der Waals surface area contributed by atoms with E-state index in [1.807, 2.05) is 12.1 Å². The van der Waals surface area contributed by atoms with E-state index in [9.17, 15) is 9.50 Å². The number of rotatable bonds is 3. The zero-order valence-electron chi connectivity index (χ0n) is 14.4. The van der Waals surface area contributed by atoms with Crippen LogP contribution in [0, 0.1) is 5.82 Å². The molecule has 2 aromatic rings. The van der Waals surface area contributed by atoms with Gasteiger partial charge in [0.15, 0.2) is 0 Å². The maximum absolute atomic E-state index is 13.9. The van der Waals surface area contributed by atoms with Gasteiger partial charge in [-0.05, 0) is 35.6 Å². The number of likely N-dealkylation sites (tertiary alicyclic amines) is 1. The minimum atomic E-state index is -0.354. The Hall–Kier alpha value is -1.75. The van der Waals surface area contributed by atoms with Gasteiger partial charge in [-0.15, -0.1) is 0 Å². The molecule has 0 saturated carbocycles. The van der Waals surface area contributed by atoms with E-state index in [1.165, 1.54) is 5.56 Å². The molecule has 0 aromatic heterocycles. The van der Waals surface area contributed by atoms with Crippen LogP contribution in [-0.4, -0.2) is 46.7 Å². The van der Waals surface area contributed by atoms with Crippen molar-refractivity contribution in [3.63, 3.8) is 0 Å². The Labute approximate surface area is 148 Å². The number of fused-ring (bicyclic) bond motifs is 1. The van der Waals surface area contributed by atoms with E-state index in [4.69, 9.17) is 0 Å². The van der Waals surface area contributed by atoms with E-state index in [-0.39, 0.29) is 18.0 Å². The SMILES string of the molecule is O[C@@H]1CN(Cc2ccccc2)CC[C@H]1N1CCc2c(F)cccc2C1. The summed E-state index contributed by atoms with van der Waals surface area (Å²) in [5.74, 6) is -0.0876. The molecule has 2 aromatic carbocycles. The highest BCUT2D eigenvalue weighted by Gasteiger charge is 2.34. The minimum absolute atomic E-state index is 0.0876. The van der Waals surface area contributed by atoms with E-state index in [2.05, 4.69) is 34.1 Å². The van der Waals surface area contributed by atoms with Crippen LogP contribution in [0.15, 0.2) is 48.5 Å². The standard InChI is InChI=1S/C21H25FN2O/c22-19-8-4-7-17-14-24(12-9-18(17)19)20-10-11-23(15-21(20)25)13-16-5-2-1-3-6-16/h1-8,20-21,25H,9-15H2/t20-,21-/m1/s1. The van der Waals surface area contributed by atoms with Gasteiger partial charge in [-0.3, -0.25) is 9.80 Å². The Bertz CT molecular complexity index is 721. The first-order valence-corrected chi connectivity index (χ1v) is 9.15. The van der Waals surface area contributed by atoms with Crippen molar-refractivity contribution in [3.05, 3.63) is 71.0 Å². The molecular formula is C21H25FN2O. The summed E-state index contributed by atoms with van der Waals surface area (Å²) in [6.45, 7) is 4.15. The third-order valence-electron chi connectivity index (χ3n) is 5.59. The lowest BCUT2D eigenvalue weighted by Crippen LogP contribution is -2.54. The minimum Gasteiger partial charge on any atom is -0.390 e. The van der Waals surface area contributed by atoms with Crippen LogP contribution >= 0.6 is 0 Å². The molecule has 132 valence electrons. The molecule has 1 N–H and O–H groups in total. The van der Waals surface area contributed by atoms with Crippen molar-refractivity contribution in [1.29, 1.82) is 0 Å². The molecule has 2 aliphatic rings. The van der Waals surface area contributed by atoms with Gasteiger partial charge in [0.2, 0.25) is 0 Å². The summed E-state index contributed by atoms with van der Waals surface area (Å²) in [4.78, 5) is 4.67. The van der Waals surface area contributed by atoms with Crippen molar-refractivity contribution in [2.45, 2.75) is 38.1 Å². The molecule has 0 unspecified atom stereocenters. The van der Waals surface area contributed by atoms with E-state index < -0.39 is 0 Å². The average Bonchev–Trinajstić information content (AvgIpc) is 2.63. The van der Waals surface area contributed by atoms with Crippen molar-refractivity contribution >= 4 is 0 Å². The number of benzene rings is 2. The van der Waals surface area contributed by atoms with Crippen molar-refractivity contribution in [2.75, 3.05) is 19.6 Å². The molecule has 1 fully saturated rings. The Morgan fingerprint density at radius 2 is 1.88 bits per heavy atom. The fourth-order valence-electron chi connectivity index (χ4n) is 4.26. The maximum Gasteiger partial charge on any atom is 0.126 e. The number of piperidine rings is 1. The normalized spacial score (nSPS) is 24.9. The molecule has 0 spiro atoms. The van der Waals surface area contributed by atoms with Gasteiger partial charge in [0, 0.05) is 38.8 Å². The molecule has 4 rings (SSSR count). The Morgan fingerprint density at radius 3 is 2.68 bits per heavy atom. The zero-order valence-corrected chi connectivity index (χ0v) is 14.4. The molecule has 0 radical (unpaired) electrons. The lowest BCUT2D eigenvalue weighted by atomic mass is 9.93. The molecule has 2 atom stereocenters. The Balaban J connectivity index is 1.39. The molecule has 4 heteroatoms. The maximum atomic E-state index is 13.9. The van der Waals surface area contributed by atoms with Crippen LogP contribution in [0.1, 0.15) is 23.1 Å². The summed E-state index contributed by atoms with van der Waals surface area (Å²) in [7, 11) is 0. The molecule has 25 heavy (non-hydrogen) atoms. The summed E-state index contributed by atoms with van der Waals surface area (Å²) in [6.07, 6.45) is 1.34. The lowest BCUT2D eigenvalue weighted by Gasteiger charge is -2.43. The summed E-state index contributed by atoms with van der Waals surface area (Å²) < 4.78 is 13.9. The van der Waals surface area contributed by atoms with Crippen LogP contribution in [-0.2, 0) is 19.5 Å². The Morgan fingerprint density at radius 1 is 1.04 bits per heavy atom. The number of halogens is 1. The third kappa shape index (κ3) is 3.61. The van der Waals surface area contributed by atoms with E-state index >= 15 is 0 Å². The predicted molar refractivity (Wildman–Crippen MR) is 96.6 cm³/mol. The van der Waals surface area contributed by atoms with Gasteiger partial charge in [0.25, 0.3) is 0 Å². The third-order valence-corrected chi connectivity index (χ3v) is 5.59. The monoisotopic (exact) mass is 340 g/mol. The summed E-state index contributed by atoms with van der Waals surface area (Å²) in [5.41, 5.74) is 3.22. The highest BCUT2D eigenvalue weighted by Crippen LogP contribution is 2.27. The molecule has 0 amide bonds. The van der Waals surface area contributed by atoms with Gasteiger partial charge < -0.3 is 5.11 Å². The lowest BCUT2D eigenvalue weighted by molar-refractivity contribution is -0.0206. The van der Waals surface area contributed by atoms with Gasteiger partial charge in [-0.2, -0.15) is 0 Å². The molecular weight excluding hydrogens is 315 g/mol. The average molecular weight is 340 g/mol. The number of hydrogen-bond donors (Lipinski definition) is 1. The predicted octanol–water partition coefficient (Wildman–Crippen LogP) is 2.82. The van der Waals surface area contributed by atoms with Gasteiger partial charge in [-0.1, -0.05) is 42.5 Å². The highest BCUT2D eigenvalue weighted by molar-refractivity contribution is 5.31. The second-order valence-corrected chi connectivity index (χ2v) is 7.24. The van der Waals surface area contributed by atoms with E-state index in [0.29, 0.717) is 6.54 Å². The quantitative estimate of drug-likeness (QED) is 0.931. The summed E-state index contributed by atoms with van der Waals surface area (Å²) in [6, 6.07) is 15.9. The number of hydrogen-bond acceptors (Lipinski definition) is 3.